The van der Waals surface area contributed by atoms with Crippen molar-refractivity contribution in [1.82, 2.24) is 25.2 Å². The molecule has 10 heteroatoms. The predicted octanol–water partition coefficient (Wildman–Crippen LogP) is 2.90. The Labute approximate surface area is 204 Å². The maximum absolute atomic E-state index is 13.3. The van der Waals surface area contributed by atoms with Gasteiger partial charge in [-0.2, -0.15) is 0 Å². The Kier molecular flexibility index (Phi) is 8.08. The summed E-state index contributed by atoms with van der Waals surface area (Å²) in [6.45, 7) is 8.57. The number of nitrogens with zero attached hydrogens (tertiary/aromatic N) is 3. The van der Waals surface area contributed by atoms with Crippen LogP contribution in [-0.4, -0.2) is 49.5 Å². The minimum atomic E-state index is -1.29. The van der Waals surface area contributed by atoms with Crippen molar-refractivity contribution in [3.63, 3.8) is 0 Å². The SMILES string of the molecule is CC(C)(C)OC(=O)NC(C)(C)C(=O)N[C@H](COCc1ccccc1)c1nnc2cccc(CO)n12. The summed E-state index contributed by atoms with van der Waals surface area (Å²) in [6.07, 6.45) is -0.704. The quantitative estimate of drug-likeness (QED) is 0.427. The number of rotatable bonds is 9. The van der Waals surface area contributed by atoms with Crippen LogP contribution < -0.4 is 10.6 Å². The molecule has 3 rings (SSSR count). The van der Waals surface area contributed by atoms with E-state index in [9.17, 15) is 14.7 Å². The molecule has 0 radical (unpaired) electrons. The van der Waals surface area contributed by atoms with Crippen molar-refractivity contribution in [2.75, 3.05) is 6.61 Å². The van der Waals surface area contributed by atoms with Gasteiger partial charge in [-0.25, -0.2) is 4.79 Å². The van der Waals surface area contributed by atoms with Crippen LogP contribution in [0.5, 0.6) is 0 Å². The molecule has 0 saturated heterocycles. The van der Waals surface area contributed by atoms with Gasteiger partial charge in [-0.15, -0.1) is 10.2 Å². The first-order chi connectivity index (χ1) is 16.5. The van der Waals surface area contributed by atoms with E-state index in [2.05, 4.69) is 20.8 Å². The number of ether oxygens (including phenoxy) is 2. The van der Waals surface area contributed by atoms with E-state index in [1.54, 1.807) is 57.2 Å². The highest BCUT2D eigenvalue weighted by atomic mass is 16.6. The molecule has 2 amide bonds. The number of nitrogens with one attached hydrogen (secondary N) is 2. The molecule has 188 valence electrons. The molecule has 0 aliphatic carbocycles. The van der Waals surface area contributed by atoms with Crippen molar-refractivity contribution in [2.45, 2.75) is 65.0 Å². The highest BCUT2D eigenvalue weighted by Crippen LogP contribution is 2.19. The number of benzene rings is 1. The molecule has 0 aliphatic heterocycles. The van der Waals surface area contributed by atoms with Crippen LogP contribution in [0.15, 0.2) is 48.5 Å². The topological polar surface area (TPSA) is 127 Å². The number of carbonyl (C=O) groups excluding carboxylic acids is 2. The summed E-state index contributed by atoms with van der Waals surface area (Å²) in [4.78, 5) is 25.5. The van der Waals surface area contributed by atoms with Crippen LogP contribution in [0.4, 0.5) is 4.79 Å². The smallest absolute Gasteiger partial charge is 0.408 e. The first kappa shape index (κ1) is 26.1. The number of aromatic nitrogens is 3. The normalized spacial score (nSPS) is 12.9. The third kappa shape index (κ3) is 7.00. The summed E-state index contributed by atoms with van der Waals surface area (Å²) < 4.78 is 12.9. The van der Waals surface area contributed by atoms with Gasteiger partial charge in [0, 0.05) is 0 Å². The predicted molar refractivity (Wildman–Crippen MR) is 129 cm³/mol. The van der Waals surface area contributed by atoms with Crippen LogP contribution in [-0.2, 0) is 27.5 Å². The zero-order chi connectivity index (χ0) is 25.6. The largest absolute Gasteiger partial charge is 0.444 e. The Morgan fingerprint density at radius 1 is 1.03 bits per heavy atom. The standard InChI is InChI=1S/C25H33N5O5/c1-24(2,3)35-23(33)27-25(4,5)22(32)26-19(16-34-15-17-10-7-6-8-11-17)21-29-28-20-13-9-12-18(14-31)30(20)21/h6-13,19,31H,14-16H2,1-5H3,(H,26,32)(H,27,33)/t19-/m1/s1. The molecule has 10 nitrogen and oxygen atoms in total. The molecule has 0 bridgehead atoms. The van der Waals surface area contributed by atoms with Gasteiger partial charge in [0.2, 0.25) is 5.91 Å². The van der Waals surface area contributed by atoms with E-state index in [1.165, 1.54) is 0 Å². The number of amides is 2. The maximum atomic E-state index is 13.3. The number of carbonyl (C=O) groups is 2. The molecule has 0 fully saturated rings. The van der Waals surface area contributed by atoms with Crippen LogP contribution >= 0.6 is 0 Å². The number of fused-ring (bicyclic) bond motifs is 1. The molecule has 0 saturated carbocycles. The summed E-state index contributed by atoms with van der Waals surface area (Å²) in [7, 11) is 0. The van der Waals surface area contributed by atoms with Crippen LogP contribution in [0.1, 0.15) is 57.7 Å². The summed E-state index contributed by atoms with van der Waals surface area (Å²) >= 11 is 0. The van der Waals surface area contributed by atoms with Crippen molar-refractivity contribution < 1.29 is 24.2 Å². The zero-order valence-corrected chi connectivity index (χ0v) is 20.7. The summed E-state index contributed by atoms with van der Waals surface area (Å²) in [5.41, 5.74) is 0.0777. The summed E-state index contributed by atoms with van der Waals surface area (Å²) in [5.74, 6) is -0.0611. The van der Waals surface area contributed by atoms with Crippen LogP contribution in [0.2, 0.25) is 0 Å². The lowest BCUT2D eigenvalue weighted by atomic mass is 10.0. The van der Waals surface area contributed by atoms with Crippen LogP contribution in [0.25, 0.3) is 5.65 Å². The highest BCUT2D eigenvalue weighted by Gasteiger charge is 2.34. The van der Waals surface area contributed by atoms with Gasteiger partial charge >= 0.3 is 6.09 Å². The third-order valence-corrected chi connectivity index (χ3v) is 5.09. The third-order valence-electron chi connectivity index (χ3n) is 5.09. The average Bonchev–Trinajstić information content (AvgIpc) is 3.21. The van der Waals surface area contributed by atoms with Gasteiger partial charge in [-0.3, -0.25) is 9.20 Å². The molecule has 0 unspecified atom stereocenters. The summed E-state index contributed by atoms with van der Waals surface area (Å²) in [5, 5.41) is 23.8. The van der Waals surface area contributed by atoms with Crippen molar-refractivity contribution in [1.29, 1.82) is 0 Å². The number of alkyl carbamates (subject to hydrolysis) is 1. The number of hydrogen-bond donors (Lipinski definition) is 3. The number of pyridine rings is 1. The van der Waals surface area contributed by atoms with Crippen molar-refractivity contribution in [3.05, 3.63) is 65.6 Å². The Balaban J connectivity index is 1.83. The van der Waals surface area contributed by atoms with Crippen LogP contribution in [0, 0.1) is 0 Å². The van der Waals surface area contributed by atoms with Gasteiger partial charge in [0.25, 0.3) is 0 Å². The first-order valence-corrected chi connectivity index (χ1v) is 11.4. The first-order valence-electron chi connectivity index (χ1n) is 11.4. The van der Waals surface area contributed by atoms with Gasteiger partial charge in [0.05, 0.1) is 25.5 Å². The molecular formula is C25H33N5O5. The molecule has 35 heavy (non-hydrogen) atoms. The zero-order valence-electron chi connectivity index (χ0n) is 20.7. The lowest BCUT2D eigenvalue weighted by Crippen LogP contribution is -2.56. The van der Waals surface area contributed by atoms with E-state index < -0.39 is 29.2 Å². The van der Waals surface area contributed by atoms with Gasteiger partial charge in [0.1, 0.15) is 17.2 Å². The fourth-order valence-corrected chi connectivity index (χ4v) is 3.38. The molecule has 2 aromatic heterocycles. The number of hydrogen-bond acceptors (Lipinski definition) is 7. The Morgan fingerprint density at radius 2 is 1.74 bits per heavy atom. The lowest BCUT2D eigenvalue weighted by molar-refractivity contribution is -0.127. The summed E-state index contributed by atoms with van der Waals surface area (Å²) in [6, 6.07) is 14.2. The minimum Gasteiger partial charge on any atom is -0.444 e. The molecular weight excluding hydrogens is 450 g/mol. The van der Waals surface area contributed by atoms with Crippen molar-refractivity contribution in [3.8, 4) is 0 Å². The number of aliphatic hydroxyl groups is 1. The fourth-order valence-electron chi connectivity index (χ4n) is 3.38. The molecule has 3 aromatic rings. The van der Waals surface area contributed by atoms with E-state index >= 15 is 0 Å². The van der Waals surface area contributed by atoms with E-state index in [1.807, 2.05) is 30.3 Å². The van der Waals surface area contributed by atoms with Crippen molar-refractivity contribution in [2.24, 2.45) is 0 Å². The van der Waals surface area contributed by atoms with E-state index in [4.69, 9.17) is 9.47 Å². The van der Waals surface area contributed by atoms with Gasteiger partial charge in [-0.1, -0.05) is 36.4 Å². The second-order valence-electron chi connectivity index (χ2n) is 9.71. The Bertz CT molecular complexity index is 1150. The molecule has 2 heterocycles. The second-order valence-corrected chi connectivity index (χ2v) is 9.71. The maximum Gasteiger partial charge on any atom is 0.408 e. The molecule has 0 aliphatic rings. The molecule has 0 spiro atoms. The van der Waals surface area contributed by atoms with Gasteiger partial charge in [-0.05, 0) is 52.3 Å². The minimum absolute atomic E-state index is 0.0870. The molecule has 1 atom stereocenters. The average molecular weight is 484 g/mol. The Hall–Kier alpha value is -3.50. The monoisotopic (exact) mass is 483 g/mol. The molecule has 3 N–H and O–H groups in total. The number of aliphatic hydroxyl groups excluding tert-OH is 1. The fraction of sp³-hybridized carbons (Fsp3) is 0.440. The molecule has 1 aromatic carbocycles. The van der Waals surface area contributed by atoms with E-state index in [-0.39, 0.29) is 13.2 Å². The van der Waals surface area contributed by atoms with Gasteiger partial charge < -0.3 is 25.2 Å². The van der Waals surface area contributed by atoms with Crippen LogP contribution in [0.3, 0.4) is 0 Å². The van der Waals surface area contributed by atoms with Crippen molar-refractivity contribution >= 4 is 17.6 Å². The lowest BCUT2D eigenvalue weighted by Gasteiger charge is -2.29. The van der Waals surface area contributed by atoms with Gasteiger partial charge in [0.15, 0.2) is 11.5 Å². The van der Waals surface area contributed by atoms with E-state index in [0.29, 0.717) is 23.8 Å². The second kappa shape index (κ2) is 10.8. The highest BCUT2D eigenvalue weighted by molar-refractivity contribution is 5.89. The van der Waals surface area contributed by atoms with E-state index in [0.717, 1.165) is 5.56 Å². The Morgan fingerprint density at radius 3 is 2.40 bits per heavy atom.